The van der Waals surface area contributed by atoms with Gasteiger partial charge in [0.2, 0.25) is 0 Å². The maximum absolute atomic E-state index is 5.97. The van der Waals surface area contributed by atoms with E-state index in [1.165, 1.54) is 5.56 Å². The van der Waals surface area contributed by atoms with Crippen molar-refractivity contribution in [3.63, 3.8) is 0 Å². The van der Waals surface area contributed by atoms with Gasteiger partial charge in [0.15, 0.2) is 5.82 Å². The van der Waals surface area contributed by atoms with Crippen molar-refractivity contribution in [3.8, 4) is 23.1 Å². The maximum atomic E-state index is 5.97. The molecule has 4 aromatic rings. The molecule has 0 amide bonds. The van der Waals surface area contributed by atoms with E-state index in [4.69, 9.17) is 14.6 Å². The third-order valence-corrected chi connectivity index (χ3v) is 5.64. The van der Waals surface area contributed by atoms with Crippen LogP contribution in [0.1, 0.15) is 11.1 Å². The van der Waals surface area contributed by atoms with Crippen LogP contribution in [0.25, 0.3) is 17.1 Å². The van der Waals surface area contributed by atoms with Gasteiger partial charge in [-0.3, -0.25) is 4.68 Å². The molecular formula is C24H27N7O2. The molecule has 1 aliphatic rings. The number of ether oxygens (including phenoxy) is 2. The number of benzene rings is 1. The molecule has 0 aliphatic carbocycles. The van der Waals surface area contributed by atoms with Crippen molar-refractivity contribution in [3.05, 3.63) is 66.1 Å². The van der Waals surface area contributed by atoms with Gasteiger partial charge in [-0.1, -0.05) is 24.3 Å². The number of aromatic nitrogens is 6. The summed E-state index contributed by atoms with van der Waals surface area (Å²) in [4.78, 5) is 11.5. The second kappa shape index (κ2) is 9.41. The average molecular weight is 446 g/mol. The van der Waals surface area contributed by atoms with E-state index < -0.39 is 0 Å². The number of aryl methyl sites for hydroxylation is 2. The lowest BCUT2D eigenvalue weighted by atomic mass is 10.1. The van der Waals surface area contributed by atoms with Gasteiger partial charge in [-0.05, 0) is 24.1 Å². The minimum Gasteiger partial charge on any atom is -0.463 e. The third kappa shape index (κ3) is 4.88. The number of anilines is 1. The first-order valence-corrected chi connectivity index (χ1v) is 11.1. The van der Waals surface area contributed by atoms with Crippen LogP contribution in [0.15, 0.2) is 55.0 Å². The van der Waals surface area contributed by atoms with Gasteiger partial charge in [0.05, 0.1) is 31.7 Å². The predicted octanol–water partition coefficient (Wildman–Crippen LogP) is 2.83. The van der Waals surface area contributed by atoms with E-state index in [1.54, 1.807) is 9.36 Å². The van der Waals surface area contributed by atoms with Gasteiger partial charge in [-0.25, -0.2) is 4.68 Å². The zero-order chi connectivity index (χ0) is 22.6. The van der Waals surface area contributed by atoms with Gasteiger partial charge in [0, 0.05) is 50.6 Å². The first-order chi connectivity index (χ1) is 16.2. The van der Waals surface area contributed by atoms with Crippen molar-refractivity contribution in [2.75, 3.05) is 37.8 Å². The van der Waals surface area contributed by atoms with E-state index in [-0.39, 0.29) is 0 Å². The number of hydrogen-bond donors (Lipinski definition) is 0. The second-order valence-corrected chi connectivity index (χ2v) is 8.05. The summed E-state index contributed by atoms with van der Waals surface area (Å²) < 4.78 is 15.0. The normalized spacial score (nSPS) is 13.9. The molecule has 1 aliphatic heterocycles. The lowest BCUT2D eigenvalue weighted by molar-refractivity contribution is 0.122. The zero-order valence-electron chi connectivity index (χ0n) is 18.9. The topological polar surface area (TPSA) is 83.1 Å². The molecule has 0 atom stereocenters. The van der Waals surface area contributed by atoms with E-state index >= 15 is 0 Å². The molecule has 9 heteroatoms. The van der Waals surface area contributed by atoms with Crippen LogP contribution in [0.4, 0.5) is 5.82 Å². The van der Waals surface area contributed by atoms with Gasteiger partial charge in [0.25, 0.3) is 0 Å². The Hall–Kier alpha value is -3.72. The molecule has 5 rings (SSSR count). The Kier molecular flexibility index (Phi) is 6.03. The van der Waals surface area contributed by atoms with Crippen LogP contribution in [-0.2, 0) is 18.2 Å². The van der Waals surface area contributed by atoms with Gasteiger partial charge in [-0.2, -0.15) is 20.2 Å². The summed E-state index contributed by atoms with van der Waals surface area (Å²) in [7, 11) is 1.90. The molecule has 33 heavy (non-hydrogen) atoms. The lowest BCUT2D eigenvalue weighted by Gasteiger charge is -2.28. The highest BCUT2D eigenvalue weighted by atomic mass is 16.5. The van der Waals surface area contributed by atoms with E-state index in [2.05, 4.69) is 39.0 Å². The molecule has 0 spiro atoms. The highest BCUT2D eigenvalue weighted by Gasteiger charge is 2.17. The Balaban J connectivity index is 1.42. The molecule has 0 saturated carbocycles. The standard InChI is InChI=1S/C24H27N7O2/c1-18-5-3-4-6-20(18)21-7-9-31(28-21)23-15-22(30-10-13-32-14-11-30)26-24(27-23)33-12-8-19-16-25-29(2)17-19/h3-7,9,15-17H,8,10-14H2,1-2H3. The molecule has 4 heterocycles. The van der Waals surface area contributed by atoms with Crippen molar-refractivity contribution in [1.29, 1.82) is 0 Å². The first-order valence-electron chi connectivity index (χ1n) is 11.1. The molecule has 1 aromatic carbocycles. The Morgan fingerprint density at radius 2 is 1.88 bits per heavy atom. The number of nitrogens with zero attached hydrogens (tertiary/aromatic N) is 7. The SMILES string of the molecule is Cc1ccccc1-c1ccn(-c2cc(N3CCOCC3)nc(OCCc3cnn(C)c3)n2)n1. The van der Waals surface area contributed by atoms with Crippen LogP contribution in [0.2, 0.25) is 0 Å². The number of morpholine rings is 1. The Labute approximate surface area is 192 Å². The average Bonchev–Trinajstić information content (AvgIpc) is 3.49. The molecule has 0 unspecified atom stereocenters. The Morgan fingerprint density at radius 1 is 1.06 bits per heavy atom. The van der Waals surface area contributed by atoms with E-state index in [1.807, 2.05) is 49.9 Å². The van der Waals surface area contributed by atoms with Crippen LogP contribution in [0, 0.1) is 6.92 Å². The molecule has 1 saturated heterocycles. The van der Waals surface area contributed by atoms with Crippen LogP contribution in [0.5, 0.6) is 6.01 Å². The second-order valence-electron chi connectivity index (χ2n) is 8.05. The fraction of sp³-hybridized carbons (Fsp3) is 0.333. The van der Waals surface area contributed by atoms with Gasteiger partial charge < -0.3 is 14.4 Å². The molecule has 170 valence electrons. The molecule has 1 fully saturated rings. The molecule has 9 nitrogen and oxygen atoms in total. The van der Waals surface area contributed by atoms with E-state index in [0.717, 1.165) is 42.1 Å². The minimum absolute atomic E-state index is 0.339. The molecule has 0 radical (unpaired) electrons. The summed E-state index contributed by atoms with van der Waals surface area (Å²) in [6.07, 6.45) is 6.48. The van der Waals surface area contributed by atoms with Crippen LogP contribution >= 0.6 is 0 Å². The van der Waals surface area contributed by atoms with E-state index in [9.17, 15) is 0 Å². The Morgan fingerprint density at radius 3 is 2.67 bits per heavy atom. The smallest absolute Gasteiger partial charge is 0.320 e. The Bertz CT molecular complexity index is 1230. The van der Waals surface area contributed by atoms with Crippen LogP contribution in [-0.4, -0.2) is 62.4 Å². The highest BCUT2D eigenvalue weighted by Crippen LogP contribution is 2.24. The summed E-state index contributed by atoms with van der Waals surface area (Å²) in [6, 6.07) is 12.5. The third-order valence-electron chi connectivity index (χ3n) is 5.64. The summed E-state index contributed by atoms with van der Waals surface area (Å²) in [5.41, 5.74) is 4.29. The summed E-state index contributed by atoms with van der Waals surface area (Å²) >= 11 is 0. The molecular weight excluding hydrogens is 418 g/mol. The molecule has 0 bridgehead atoms. The van der Waals surface area contributed by atoms with Crippen molar-refractivity contribution >= 4 is 5.82 Å². The van der Waals surface area contributed by atoms with Gasteiger partial charge in [0.1, 0.15) is 5.82 Å². The van der Waals surface area contributed by atoms with Crippen molar-refractivity contribution in [1.82, 2.24) is 29.5 Å². The van der Waals surface area contributed by atoms with Gasteiger partial charge in [-0.15, -0.1) is 0 Å². The minimum atomic E-state index is 0.339. The largest absolute Gasteiger partial charge is 0.463 e. The van der Waals surface area contributed by atoms with Crippen LogP contribution in [0.3, 0.4) is 0 Å². The van der Waals surface area contributed by atoms with Gasteiger partial charge >= 0.3 is 6.01 Å². The fourth-order valence-corrected chi connectivity index (χ4v) is 3.85. The fourth-order valence-electron chi connectivity index (χ4n) is 3.85. The number of hydrogen-bond acceptors (Lipinski definition) is 7. The lowest BCUT2D eigenvalue weighted by Crippen LogP contribution is -2.37. The molecule has 0 N–H and O–H groups in total. The van der Waals surface area contributed by atoms with Crippen LogP contribution < -0.4 is 9.64 Å². The zero-order valence-corrected chi connectivity index (χ0v) is 18.9. The molecule has 3 aromatic heterocycles. The number of rotatable bonds is 7. The van der Waals surface area contributed by atoms with Crippen molar-refractivity contribution in [2.24, 2.45) is 7.05 Å². The van der Waals surface area contributed by atoms with E-state index in [0.29, 0.717) is 31.6 Å². The first kappa shape index (κ1) is 21.1. The summed E-state index contributed by atoms with van der Waals surface area (Å²) in [6.45, 7) is 5.46. The maximum Gasteiger partial charge on any atom is 0.320 e. The summed E-state index contributed by atoms with van der Waals surface area (Å²) in [5.74, 6) is 1.48. The van der Waals surface area contributed by atoms with Crippen molar-refractivity contribution < 1.29 is 9.47 Å². The van der Waals surface area contributed by atoms with Crippen molar-refractivity contribution in [2.45, 2.75) is 13.3 Å². The highest BCUT2D eigenvalue weighted by molar-refractivity contribution is 5.63. The quantitative estimate of drug-likeness (QED) is 0.433. The summed E-state index contributed by atoms with van der Waals surface area (Å²) in [5, 5.41) is 8.99. The predicted molar refractivity (Wildman–Crippen MR) is 125 cm³/mol. The monoisotopic (exact) mass is 445 g/mol.